The Kier molecular flexibility index (Phi) is 3.59. The lowest BCUT2D eigenvalue weighted by atomic mass is 9.89. The fourth-order valence-corrected chi connectivity index (χ4v) is 2.67. The van der Waals surface area contributed by atoms with Crippen LogP contribution in [0.1, 0.15) is 43.4 Å². The highest BCUT2D eigenvalue weighted by atomic mass is 79.9. The van der Waals surface area contributed by atoms with Crippen molar-refractivity contribution < 1.29 is 4.79 Å². The normalized spacial score (nSPS) is 19.0. The highest BCUT2D eigenvalue weighted by Crippen LogP contribution is 2.33. The van der Waals surface area contributed by atoms with Gasteiger partial charge in [-0.25, -0.2) is 0 Å². The van der Waals surface area contributed by atoms with Gasteiger partial charge >= 0.3 is 0 Å². The molecule has 1 aromatic rings. The van der Waals surface area contributed by atoms with Crippen LogP contribution in [0.3, 0.4) is 0 Å². The van der Waals surface area contributed by atoms with Gasteiger partial charge in [-0.05, 0) is 46.3 Å². The van der Waals surface area contributed by atoms with E-state index in [1.165, 1.54) is 11.1 Å². The molecule has 16 heavy (non-hydrogen) atoms. The van der Waals surface area contributed by atoms with Crippen molar-refractivity contribution in [1.82, 2.24) is 10.3 Å². The lowest BCUT2D eigenvalue weighted by Gasteiger charge is -2.26. The molecule has 1 aliphatic rings. The van der Waals surface area contributed by atoms with Crippen molar-refractivity contribution in [1.29, 1.82) is 0 Å². The van der Waals surface area contributed by atoms with E-state index >= 15 is 0 Å². The minimum Gasteiger partial charge on any atom is -0.349 e. The van der Waals surface area contributed by atoms with Gasteiger partial charge in [0.15, 0.2) is 0 Å². The molecule has 1 N–H and O–H groups in total. The number of fused-ring (bicyclic) bond motifs is 1. The standard InChI is InChI=1S/C12H15BrN2O/c1-2-12(16)15-11-5-3-4-8-9(11)6-14-7-10(8)13/h6-7,11H,2-5H2,1H3,(H,15,16). The highest BCUT2D eigenvalue weighted by molar-refractivity contribution is 9.10. The fraction of sp³-hybridized carbons (Fsp3) is 0.500. The van der Waals surface area contributed by atoms with Crippen LogP contribution in [-0.2, 0) is 11.2 Å². The molecule has 0 bridgehead atoms. The smallest absolute Gasteiger partial charge is 0.220 e. The van der Waals surface area contributed by atoms with Crippen molar-refractivity contribution in [3.8, 4) is 0 Å². The Hall–Kier alpha value is -0.900. The lowest BCUT2D eigenvalue weighted by Crippen LogP contribution is -2.30. The first-order valence-corrected chi connectivity index (χ1v) is 6.43. The SMILES string of the molecule is CCC(=O)NC1CCCc2c(Br)cncc21. The van der Waals surface area contributed by atoms with Gasteiger partial charge < -0.3 is 5.32 Å². The van der Waals surface area contributed by atoms with Crippen molar-refractivity contribution in [3.63, 3.8) is 0 Å². The molecule has 1 unspecified atom stereocenters. The maximum atomic E-state index is 11.4. The Morgan fingerprint density at radius 3 is 3.19 bits per heavy atom. The summed E-state index contributed by atoms with van der Waals surface area (Å²) in [7, 11) is 0. The summed E-state index contributed by atoms with van der Waals surface area (Å²) in [4.78, 5) is 15.6. The number of aromatic nitrogens is 1. The van der Waals surface area contributed by atoms with Crippen LogP contribution in [0.5, 0.6) is 0 Å². The first-order valence-electron chi connectivity index (χ1n) is 5.64. The minimum atomic E-state index is 0.109. The molecule has 0 aliphatic heterocycles. The topological polar surface area (TPSA) is 42.0 Å². The largest absolute Gasteiger partial charge is 0.349 e. The second-order valence-electron chi connectivity index (χ2n) is 4.05. The highest BCUT2D eigenvalue weighted by Gasteiger charge is 2.22. The first-order chi connectivity index (χ1) is 7.72. The van der Waals surface area contributed by atoms with E-state index in [1.807, 2.05) is 19.3 Å². The van der Waals surface area contributed by atoms with Crippen LogP contribution in [0.25, 0.3) is 0 Å². The van der Waals surface area contributed by atoms with Gasteiger partial charge in [0.05, 0.1) is 6.04 Å². The Morgan fingerprint density at radius 2 is 2.44 bits per heavy atom. The van der Waals surface area contributed by atoms with Crippen molar-refractivity contribution in [2.45, 2.75) is 38.6 Å². The molecule has 0 fully saturated rings. The third-order valence-corrected chi connectivity index (χ3v) is 3.67. The number of amides is 1. The lowest BCUT2D eigenvalue weighted by molar-refractivity contribution is -0.121. The van der Waals surface area contributed by atoms with E-state index in [1.54, 1.807) is 0 Å². The molecule has 0 saturated heterocycles. The molecule has 1 heterocycles. The van der Waals surface area contributed by atoms with Crippen LogP contribution in [0.2, 0.25) is 0 Å². The van der Waals surface area contributed by atoms with Gasteiger partial charge in [-0.2, -0.15) is 0 Å². The van der Waals surface area contributed by atoms with Crippen LogP contribution in [0.15, 0.2) is 16.9 Å². The Morgan fingerprint density at radius 1 is 1.62 bits per heavy atom. The molecule has 0 saturated carbocycles. The number of carbonyl (C=O) groups is 1. The molecular weight excluding hydrogens is 268 g/mol. The van der Waals surface area contributed by atoms with Gasteiger partial charge in [0.25, 0.3) is 0 Å². The third-order valence-electron chi connectivity index (χ3n) is 2.99. The molecule has 1 atom stereocenters. The summed E-state index contributed by atoms with van der Waals surface area (Å²) < 4.78 is 1.06. The predicted octanol–water partition coefficient (Wildman–Crippen LogP) is 2.75. The second kappa shape index (κ2) is 4.95. The molecule has 4 heteroatoms. The van der Waals surface area contributed by atoms with Gasteiger partial charge in [0, 0.05) is 23.3 Å². The maximum Gasteiger partial charge on any atom is 0.220 e. The summed E-state index contributed by atoms with van der Waals surface area (Å²) >= 11 is 3.52. The molecule has 1 amide bonds. The maximum absolute atomic E-state index is 11.4. The van der Waals surface area contributed by atoms with Gasteiger partial charge in [-0.3, -0.25) is 9.78 Å². The summed E-state index contributed by atoms with van der Waals surface area (Å²) in [5, 5.41) is 3.05. The number of hydrogen-bond donors (Lipinski definition) is 1. The van der Waals surface area contributed by atoms with Gasteiger partial charge in [-0.15, -0.1) is 0 Å². The number of rotatable bonds is 2. The zero-order chi connectivity index (χ0) is 11.5. The molecule has 1 aliphatic carbocycles. The van der Waals surface area contributed by atoms with Crippen LogP contribution in [0.4, 0.5) is 0 Å². The molecule has 0 aromatic carbocycles. The number of nitrogens with zero attached hydrogens (tertiary/aromatic N) is 1. The van der Waals surface area contributed by atoms with Crippen molar-refractivity contribution in [2.75, 3.05) is 0 Å². The van der Waals surface area contributed by atoms with Gasteiger partial charge in [0.1, 0.15) is 0 Å². The van der Waals surface area contributed by atoms with E-state index in [9.17, 15) is 4.79 Å². The second-order valence-corrected chi connectivity index (χ2v) is 4.91. The average molecular weight is 283 g/mol. The first kappa shape index (κ1) is 11.6. The summed E-state index contributed by atoms with van der Waals surface area (Å²) in [6.45, 7) is 1.87. The van der Waals surface area contributed by atoms with E-state index in [0.29, 0.717) is 6.42 Å². The molecular formula is C12H15BrN2O. The number of hydrogen-bond acceptors (Lipinski definition) is 2. The zero-order valence-corrected chi connectivity index (χ0v) is 10.9. The predicted molar refractivity (Wildman–Crippen MR) is 66.0 cm³/mol. The van der Waals surface area contributed by atoms with Gasteiger partial charge in [0.2, 0.25) is 5.91 Å². The van der Waals surface area contributed by atoms with E-state index < -0.39 is 0 Å². The summed E-state index contributed by atoms with van der Waals surface area (Å²) in [5.74, 6) is 0.109. The van der Waals surface area contributed by atoms with Crippen LogP contribution in [-0.4, -0.2) is 10.9 Å². The molecule has 86 valence electrons. The van der Waals surface area contributed by atoms with E-state index in [0.717, 1.165) is 23.7 Å². The van der Waals surface area contributed by atoms with Crippen molar-refractivity contribution >= 4 is 21.8 Å². The van der Waals surface area contributed by atoms with E-state index in [4.69, 9.17) is 0 Å². The molecule has 0 spiro atoms. The van der Waals surface area contributed by atoms with Crippen molar-refractivity contribution in [3.05, 3.63) is 28.0 Å². The van der Waals surface area contributed by atoms with Crippen LogP contribution >= 0.6 is 15.9 Å². The number of pyridine rings is 1. The number of carbonyl (C=O) groups excluding carboxylic acids is 1. The zero-order valence-electron chi connectivity index (χ0n) is 9.29. The van der Waals surface area contributed by atoms with Crippen LogP contribution in [0, 0.1) is 0 Å². The van der Waals surface area contributed by atoms with E-state index in [-0.39, 0.29) is 11.9 Å². The van der Waals surface area contributed by atoms with Crippen LogP contribution < -0.4 is 5.32 Å². The minimum absolute atomic E-state index is 0.109. The monoisotopic (exact) mass is 282 g/mol. The van der Waals surface area contributed by atoms with E-state index in [2.05, 4.69) is 26.2 Å². The number of halogens is 1. The Labute approximate surface area is 104 Å². The molecule has 1 aromatic heterocycles. The molecule has 3 nitrogen and oxygen atoms in total. The molecule has 0 radical (unpaired) electrons. The average Bonchev–Trinajstić information content (AvgIpc) is 2.30. The third kappa shape index (κ3) is 2.26. The fourth-order valence-electron chi connectivity index (χ4n) is 2.13. The van der Waals surface area contributed by atoms with Crippen molar-refractivity contribution in [2.24, 2.45) is 0 Å². The Bertz CT molecular complexity index is 406. The van der Waals surface area contributed by atoms with Gasteiger partial charge in [-0.1, -0.05) is 6.92 Å². The Balaban J connectivity index is 2.26. The summed E-state index contributed by atoms with van der Waals surface area (Å²) in [6.07, 6.45) is 7.42. The summed E-state index contributed by atoms with van der Waals surface area (Å²) in [5.41, 5.74) is 2.46. The quantitative estimate of drug-likeness (QED) is 0.906. The number of nitrogens with one attached hydrogen (secondary N) is 1. The summed E-state index contributed by atoms with van der Waals surface area (Å²) in [6, 6.07) is 0.140. The molecule has 2 rings (SSSR count).